The van der Waals surface area contributed by atoms with Crippen molar-refractivity contribution in [2.45, 2.75) is 44.6 Å². The summed E-state index contributed by atoms with van der Waals surface area (Å²) in [7, 11) is 1.99. The fourth-order valence-electron chi connectivity index (χ4n) is 5.67. The van der Waals surface area contributed by atoms with E-state index in [1.54, 1.807) is 24.4 Å². The van der Waals surface area contributed by atoms with Crippen LogP contribution in [0.4, 0.5) is 19.0 Å². The molecule has 4 heterocycles. The second kappa shape index (κ2) is 11.5. The Morgan fingerprint density at radius 1 is 1.12 bits per heavy atom. The Morgan fingerprint density at radius 2 is 1.91 bits per heavy atom. The molecule has 9 nitrogen and oxygen atoms in total. The molecule has 226 valence electrons. The Labute approximate surface area is 247 Å². The first-order valence-electron chi connectivity index (χ1n) is 14.2. The van der Waals surface area contributed by atoms with E-state index in [0.717, 1.165) is 30.3 Å². The molecule has 3 aliphatic heterocycles. The van der Waals surface area contributed by atoms with Gasteiger partial charge in [0.2, 0.25) is 5.91 Å². The third kappa shape index (κ3) is 6.16. The van der Waals surface area contributed by atoms with Crippen LogP contribution in [0.2, 0.25) is 0 Å². The Balaban J connectivity index is 1.15. The van der Waals surface area contributed by atoms with Crippen LogP contribution in [0.5, 0.6) is 17.2 Å². The summed E-state index contributed by atoms with van der Waals surface area (Å²) in [6, 6.07) is 10.8. The normalized spacial score (nSPS) is 20.5. The number of piperazine rings is 1. The molecule has 3 aromatic rings. The first-order chi connectivity index (χ1) is 20.5. The van der Waals surface area contributed by atoms with Crippen LogP contribution in [0.15, 0.2) is 48.7 Å². The van der Waals surface area contributed by atoms with Gasteiger partial charge in [-0.05, 0) is 55.4 Å². The number of nitrogens with zero attached hydrogens (tertiary/aromatic N) is 3. The van der Waals surface area contributed by atoms with Gasteiger partial charge in [0.15, 0.2) is 6.23 Å². The highest BCUT2D eigenvalue weighted by Gasteiger charge is 2.36. The van der Waals surface area contributed by atoms with E-state index in [4.69, 9.17) is 9.47 Å². The summed E-state index contributed by atoms with van der Waals surface area (Å²) in [6.07, 6.45) is -2.96. The summed E-state index contributed by atoms with van der Waals surface area (Å²) in [6.45, 7) is 4.99. The van der Waals surface area contributed by atoms with E-state index in [-0.39, 0.29) is 29.5 Å². The molecule has 2 aromatic carbocycles. The number of amides is 2. The monoisotopic (exact) mass is 595 g/mol. The number of alkyl halides is 3. The number of fused-ring (bicyclic) bond motifs is 2. The number of carbonyl (C=O) groups is 2. The maximum absolute atomic E-state index is 14.0. The smallest absolute Gasteiger partial charge is 0.416 e. The van der Waals surface area contributed by atoms with Crippen LogP contribution in [0.1, 0.15) is 51.9 Å². The van der Waals surface area contributed by atoms with Gasteiger partial charge in [0.1, 0.15) is 23.1 Å². The molecule has 43 heavy (non-hydrogen) atoms. The quantitative estimate of drug-likeness (QED) is 0.424. The average Bonchev–Trinajstić information content (AvgIpc) is 3.28. The summed E-state index contributed by atoms with van der Waals surface area (Å²) < 4.78 is 54.2. The van der Waals surface area contributed by atoms with Gasteiger partial charge < -0.3 is 25.0 Å². The molecule has 2 N–H and O–H groups in total. The highest BCUT2D eigenvalue weighted by molar-refractivity contribution is 5.95. The van der Waals surface area contributed by atoms with Crippen LogP contribution in [0.3, 0.4) is 0 Å². The zero-order chi connectivity index (χ0) is 30.3. The first kappa shape index (κ1) is 28.9. The molecule has 0 bridgehead atoms. The maximum Gasteiger partial charge on any atom is 0.416 e. The predicted molar refractivity (Wildman–Crippen MR) is 152 cm³/mol. The molecule has 12 heteroatoms. The van der Waals surface area contributed by atoms with Gasteiger partial charge in [-0.1, -0.05) is 13.0 Å². The molecule has 1 fully saturated rings. The van der Waals surface area contributed by atoms with Crippen LogP contribution in [0.25, 0.3) is 0 Å². The molecule has 6 rings (SSSR count). The second-order valence-electron chi connectivity index (χ2n) is 11.2. The van der Waals surface area contributed by atoms with E-state index in [1.807, 2.05) is 24.9 Å². The van der Waals surface area contributed by atoms with Crippen LogP contribution in [-0.2, 0) is 23.9 Å². The molecule has 0 saturated carbocycles. The van der Waals surface area contributed by atoms with Crippen molar-refractivity contribution in [1.29, 1.82) is 0 Å². The Morgan fingerprint density at radius 3 is 2.67 bits per heavy atom. The zero-order valence-electron chi connectivity index (χ0n) is 23.8. The average molecular weight is 596 g/mol. The minimum Gasteiger partial charge on any atom is -0.470 e. The maximum atomic E-state index is 14.0. The Kier molecular flexibility index (Phi) is 7.74. The van der Waals surface area contributed by atoms with Crippen molar-refractivity contribution >= 4 is 17.6 Å². The van der Waals surface area contributed by atoms with Gasteiger partial charge in [-0.15, -0.1) is 0 Å². The number of nitrogens with one attached hydrogen (secondary N) is 2. The zero-order valence-corrected chi connectivity index (χ0v) is 23.8. The molecule has 2 atom stereocenters. The summed E-state index contributed by atoms with van der Waals surface area (Å²) in [5.74, 6) is 1.11. The number of likely N-dealkylation sites (N-methyl/N-ethyl adjacent to an activating group) is 1. The third-order valence-electron chi connectivity index (χ3n) is 8.22. The standard InChI is InChI=1S/C31H32F3N5O4/c1-18-23-16-21(42-26-9-10-35-28-22(26)6-8-27(40)36-28)5-7-25(23)43-30(18)37-29(41)19-3-4-20(24(15-19)31(32,33)34)17-39-13-11-38(2)12-14-39/h3-5,7,9-10,15-16,18,30H,6,8,11-14,17H2,1-2H3,(H,37,41)(H,35,36,40)/t18?,30-/m1/s1. The van der Waals surface area contributed by atoms with E-state index >= 15 is 0 Å². The molecule has 2 amide bonds. The van der Waals surface area contributed by atoms with Gasteiger partial charge in [-0.2, -0.15) is 13.2 Å². The first-order valence-corrected chi connectivity index (χ1v) is 14.2. The highest BCUT2D eigenvalue weighted by atomic mass is 19.4. The molecule has 0 radical (unpaired) electrons. The SMILES string of the molecule is CC1c2cc(Oc3ccnc4c3CCC(=O)N4)ccc2O[C@H]1NC(=O)c1ccc(CN2CCN(C)CC2)c(C(F)(F)F)c1. The van der Waals surface area contributed by atoms with Gasteiger partial charge in [-0.25, -0.2) is 4.98 Å². The van der Waals surface area contributed by atoms with Gasteiger partial charge in [-0.3, -0.25) is 14.5 Å². The van der Waals surface area contributed by atoms with Crippen LogP contribution >= 0.6 is 0 Å². The number of aromatic nitrogens is 1. The lowest BCUT2D eigenvalue weighted by atomic mass is 9.99. The minimum atomic E-state index is -4.60. The lowest BCUT2D eigenvalue weighted by Gasteiger charge is -2.33. The van der Waals surface area contributed by atoms with Crippen LogP contribution in [0, 0.1) is 0 Å². The molecular weight excluding hydrogens is 563 g/mol. The van der Waals surface area contributed by atoms with Crippen molar-refractivity contribution < 1.29 is 32.2 Å². The molecule has 1 unspecified atom stereocenters. The largest absolute Gasteiger partial charge is 0.470 e. The van der Waals surface area contributed by atoms with Crippen LogP contribution in [-0.4, -0.2) is 66.1 Å². The minimum absolute atomic E-state index is 0.0835. The van der Waals surface area contributed by atoms with Gasteiger partial charge in [0.05, 0.1) is 5.56 Å². The van der Waals surface area contributed by atoms with E-state index in [1.165, 1.54) is 12.1 Å². The molecule has 0 aliphatic carbocycles. The topological polar surface area (TPSA) is 96.0 Å². The number of anilines is 1. The number of ether oxygens (including phenoxy) is 2. The number of halogens is 3. The number of pyridine rings is 1. The van der Waals surface area contributed by atoms with Crippen molar-refractivity contribution in [3.8, 4) is 17.2 Å². The molecule has 3 aliphatic rings. The molecule has 1 saturated heterocycles. The summed E-state index contributed by atoms with van der Waals surface area (Å²) >= 11 is 0. The molecule has 1 aromatic heterocycles. The number of hydrogen-bond acceptors (Lipinski definition) is 7. The lowest BCUT2D eigenvalue weighted by molar-refractivity contribution is -0.138. The summed E-state index contributed by atoms with van der Waals surface area (Å²) in [5.41, 5.74) is 0.862. The number of rotatable bonds is 6. The fraction of sp³-hybridized carbons (Fsp3) is 0.387. The lowest BCUT2D eigenvalue weighted by Crippen LogP contribution is -2.44. The number of benzene rings is 2. The van der Waals surface area contributed by atoms with Gasteiger partial charge in [0.25, 0.3) is 5.91 Å². The highest BCUT2D eigenvalue weighted by Crippen LogP contribution is 2.41. The Hall–Kier alpha value is -4.16. The summed E-state index contributed by atoms with van der Waals surface area (Å²) in [4.78, 5) is 33.2. The molecular formula is C31H32F3N5O4. The van der Waals surface area contributed by atoms with Crippen molar-refractivity contribution in [3.63, 3.8) is 0 Å². The Bertz CT molecular complexity index is 1550. The number of carbonyl (C=O) groups excluding carboxylic acids is 2. The second-order valence-corrected chi connectivity index (χ2v) is 11.2. The number of hydrogen-bond donors (Lipinski definition) is 2. The van der Waals surface area contributed by atoms with E-state index < -0.39 is 23.9 Å². The van der Waals surface area contributed by atoms with E-state index in [2.05, 4.69) is 20.5 Å². The van der Waals surface area contributed by atoms with Crippen molar-refractivity contribution in [2.24, 2.45) is 0 Å². The third-order valence-corrected chi connectivity index (χ3v) is 8.22. The van der Waals surface area contributed by atoms with Gasteiger partial charge in [0, 0.05) is 67.9 Å². The summed E-state index contributed by atoms with van der Waals surface area (Å²) in [5, 5.41) is 5.51. The predicted octanol–water partition coefficient (Wildman–Crippen LogP) is 4.78. The van der Waals surface area contributed by atoms with Gasteiger partial charge >= 0.3 is 6.18 Å². The van der Waals surface area contributed by atoms with Crippen molar-refractivity contribution in [2.75, 3.05) is 38.5 Å². The van der Waals surface area contributed by atoms with E-state index in [9.17, 15) is 22.8 Å². The van der Waals surface area contributed by atoms with Crippen molar-refractivity contribution in [3.05, 3.63) is 76.5 Å². The fourth-order valence-corrected chi connectivity index (χ4v) is 5.67. The van der Waals surface area contributed by atoms with Crippen molar-refractivity contribution in [1.82, 2.24) is 20.1 Å². The van der Waals surface area contributed by atoms with E-state index in [0.29, 0.717) is 49.0 Å². The molecule has 0 spiro atoms. The van der Waals surface area contributed by atoms with Crippen LogP contribution < -0.4 is 20.1 Å².